The van der Waals surface area contributed by atoms with Gasteiger partial charge < -0.3 is 15.2 Å². The van der Waals surface area contributed by atoms with E-state index in [1.165, 1.54) is 24.2 Å². The predicted molar refractivity (Wildman–Crippen MR) is 104 cm³/mol. The smallest absolute Gasteiger partial charge is 0.271 e. The van der Waals surface area contributed by atoms with Crippen LogP contribution in [0, 0.1) is 5.92 Å². The first kappa shape index (κ1) is 18.2. The first-order valence-corrected chi connectivity index (χ1v) is 9.90. The van der Waals surface area contributed by atoms with Crippen LogP contribution in [0.15, 0.2) is 18.6 Å². The minimum atomic E-state index is -0.115. The molecule has 7 heteroatoms. The van der Waals surface area contributed by atoms with Gasteiger partial charge in [0.1, 0.15) is 5.69 Å². The van der Waals surface area contributed by atoms with Crippen molar-refractivity contribution in [3.63, 3.8) is 0 Å². The van der Waals surface area contributed by atoms with Gasteiger partial charge in [0.25, 0.3) is 5.91 Å². The average molecular weight is 371 g/mol. The lowest BCUT2D eigenvalue weighted by atomic mass is 9.93. The molecule has 2 aromatic rings. The van der Waals surface area contributed by atoms with E-state index in [0.29, 0.717) is 30.0 Å². The van der Waals surface area contributed by atoms with Crippen molar-refractivity contribution in [2.75, 3.05) is 19.6 Å². The summed E-state index contributed by atoms with van der Waals surface area (Å²) in [5, 5.41) is 11.2. The monoisotopic (exact) mass is 370 g/mol. The Bertz CT molecular complexity index is 826. The first-order valence-electron chi connectivity index (χ1n) is 9.90. The summed E-state index contributed by atoms with van der Waals surface area (Å²) in [6.07, 6.45) is 6.16. The van der Waals surface area contributed by atoms with Gasteiger partial charge in [-0.3, -0.25) is 9.48 Å². The minimum absolute atomic E-state index is 0.0736. The number of imidazole rings is 1. The lowest BCUT2D eigenvalue weighted by Gasteiger charge is -2.22. The van der Waals surface area contributed by atoms with Crippen LogP contribution in [0.3, 0.4) is 0 Å². The van der Waals surface area contributed by atoms with E-state index in [0.717, 1.165) is 13.1 Å². The Kier molecular flexibility index (Phi) is 4.58. The number of rotatable bonds is 5. The van der Waals surface area contributed by atoms with Crippen molar-refractivity contribution in [3.05, 3.63) is 35.7 Å². The Morgan fingerprint density at radius 2 is 2.07 bits per heavy atom. The molecule has 0 radical (unpaired) electrons. The number of hydrogen-bond donors (Lipinski definition) is 2. The zero-order chi connectivity index (χ0) is 19.2. The second kappa shape index (κ2) is 6.78. The highest BCUT2D eigenvalue weighted by atomic mass is 16.1. The molecule has 0 unspecified atom stereocenters. The molecule has 0 aromatic carbocycles. The van der Waals surface area contributed by atoms with Crippen molar-refractivity contribution in [2.45, 2.75) is 51.0 Å². The summed E-state index contributed by atoms with van der Waals surface area (Å²) >= 11 is 0. The maximum atomic E-state index is 12.8. The van der Waals surface area contributed by atoms with Crippen LogP contribution in [0.1, 0.15) is 67.3 Å². The molecule has 2 fully saturated rings. The maximum absolute atomic E-state index is 12.8. The fraction of sp³-hybridized carbons (Fsp3) is 0.650. The standard InChI is InChI=1S/C20H30N6O/c1-20(2,3)26-17(13-5-6-13)7-16(24-26)19(27)23-9-14-8-21-10-15(14)18-11-22-12-25(18)4/h7,11-15,21H,5-6,8-10H2,1-4H3,(H,23,27)/t14-,15+/m0/s1. The molecule has 1 aliphatic carbocycles. The summed E-state index contributed by atoms with van der Waals surface area (Å²) in [4.78, 5) is 17.0. The highest BCUT2D eigenvalue weighted by Gasteiger charge is 2.33. The van der Waals surface area contributed by atoms with Crippen LogP contribution >= 0.6 is 0 Å². The van der Waals surface area contributed by atoms with Crippen molar-refractivity contribution in [2.24, 2.45) is 13.0 Å². The third-order valence-electron chi connectivity index (χ3n) is 5.70. The van der Waals surface area contributed by atoms with Crippen LogP contribution in [0.4, 0.5) is 0 Å². The van der Waals surface area contributed by atoms with Crippen LogP contribution < -0.4 is 10.6 Å². The molecule has 2 atom stereocenters. The molecule has 3 heterocycles. The maximum Gasteiger partial charge on any atom is 0.271 e. The van der Waals surface area contributed by atoms with Crippen LogP contribution in [-0.2, 0) is 12.6 Å². The number of hydrogen-bond acceptors (Lipinski definition) is 4. The van der Waals surface area contributed by atoms with Gasteiger partial charge in [-0.05, 0) is 45.6 Å². The molecule has 1 aliphatic heterocycles. The molecule has 0 spiro atoms. The SMILES string of the molecule is Cn1cncc1[C@@H]1CNC[C@H]1CNC(=O)c1cc(C2CC2)n(C(C)(C)C)n1. The Labute approximate surface area is 160 Å². The van der Waals surface area contributed by atoms with Gasteiger partial charge in [0.2, 0.25) is 0 Å². The van der Waals surface area contributed by atoms with E-state index in [1.807, 2.05) is 30.3 Å². The molecular formula is C20H30N6O. The van der Waals surface area contributed by atoms with Crippen molar-refractivity contribution in [1.82, 2.24) is 30.0 Å². The van der Waals surface area contributed by atoms with Crippen molar-refractivity contribution in [3.8, 4) is 0 Å². The fourth-order valence-corrected chi connectivity index (χ4v) is 4.05. The Morgan fingerprint density at radius 1 is 1.30 bits per heavy atom. The second-order valence-corrected chi connectivity index (χ2v) is 8.98. The van der Waals surface area contributed by atoms with Gasteiger partial charge in [-0.25, -0.2) is 4.98 Å². The van der Waals surface area contributed by atoms with Crippen LogP contribution in [0.25, 0.3) is 0 Å². The Morgan fingerprint density at radius 3 is 2.70 bits per heavy atom. The summed E-state index contributed by atoms with van der Waals surface area (Å²) in [5.41, 5.74) is 2.83. The van der Waals surface area contributed by atoms with E-state index in [9.17, 15) is 4.79 Å². The summed E-state index contributed by atoms with van der Waals surface area (Å²) in [5.74, 6) is 1.21. The Hall–Kier alpha value is -2.15. The molecule has 7 nitrogen and oxygen atoms in total. The van der Waals surface area contributed by atoms with Gasteiger partial charge in [-0.2, -0.15) is 5.10 Å². The molecule has 146 valence electrons. The summed E-state index contributed by atoms with van der Waals surface area (Å²) in [7, 11) is 2.02. The van der Waals surface area contributed by atoms with E-state index >= 15 is 0 Å². The third-order valence-corrected chi connectivity index (χ3v) is 5.70. The number of carbonyl (C=O) groups is 1. The Balaban J connectivity index is 1.44. The van der Waals surface area contributed by atoms with E-state index < -0.39 is 0 Å². The number of nitrogens with one attached hydrogen (secondary N) is 2. The predicted octanol–water partition coefficient (Wildman–Crippen LogP) is 1.98. The number of carbonyl (C=O) groups excluding carboxylic acids is 1. The topological polar surface area (TPSA) is 76.8 Å². The van der Waals surface area contributed by atoms with Crippen molar-refractivity contribution in [1.29, 1.82) is 0 Å². The zero-order valence-electron chi connectivity index (χ0n) is 16.7. The molecule has 2 aliphatic rings. The molecule has 2 N–H and O–H groups in total. The molecule has 1 saturated heterocycles. The summed E-state index contributed by atoms with van der Waals surface area (Å²) in [6, 6.07) is 1.99. The van der Waals surface area contributed by atoms with Crippen molar-refractivity contribution >= 4 is 5.91 Å². The van der Waals surface area contributed by atoms with Crippen LogP contribution in [0.5, 0.6) is 0 Å². The molecule has 2 aromatic heterocycles. The largest absolute Gasteiger partial charge is 0.350 e. The lowest BCUT2D eigenvalue weighted by molar-refractivity contribution is 0.0940. The van der Waals surface area contributed by atoms with E-state index in [1.54, 1.807) is 0 Å². The van der Waals surface area contributed by atoms with E-state index in [4.69, 9.17) is 0 Å². The number of aromatic nitrogens is 4. The van der Waals surface area contributed by atoms with Gasteiger partial charge in [0.15, 0.2) is 0 Å². The fourth-order valence-electron chi connectivity index (χ4n) is 4.05. The summed E-state index contributed by atoms with van der Waals surface area (Å²) in [6.45, 7) is 8.87. The average Bonchev–Trinajstić information content (AvgIpc) is 3.02. The van der Waals surface area contributed by atoms with Gasteiger partial charge in [0.05, 0.1) is 11.9 Å². The van der Waals surface area contributed by atoms with E-state index in [-0.39, 0.29) is 11.4 Å². The highest BCUT2D eigenvalue weighted by molar-refractivity contribution is 5.92. The third kappa shape index (κ3) is 3.65. The van der Waals surface area contributed by atoms with Crippen LogP contribution in [-0.4, -0.2) is 44.9 Å². The molecule has 1 saturated carbocycles. The lowest BCUT2D eigenvalue weighted by Crippen LogP contribution is -2.33. The number of amides is 1. The summed E-state index contributed by atoms with van der Waals surface area (Å²) < 4.78 is 4.11. The minimum Gasteiger partial charge on any atom is -0.350 e. The van der Waals surface area contributed by atoms with E-state index in [2.05, 4.69) is 46.1 Å². The first-order chi connectivity index (χ1) is 12.8. The molecule has 0 bridgehead atoms. The molecule has 4 rings (SSSR count). The van der Waals surface area contributed by atoms with Gasteiger partial charge >= 0.3 is 0 Å². The quantitative estimate of drug-likeness (QED) is 0.844. The van der Waals surface area contributed by atoms with Gasteiger partial charge in [0, 0.05) is 56.1 Å². The van der Waals surface area contributed by atoms with Gasteiger partial charge in [-0.1, -0.05) is 0 Å². The number of nitrogens with zero attached hydrogens (tertiary/aromatic N) is 4. The molecular weight excluding hydrogens is 340 g/mol. The van der Waals surface area contributed by atoms with Gasteiger partial charge in [-0.15, -0.1) is 0 Å². The molecule has 1 amide bonds. The second-order valence-electron chi connectivity index (χ2n) is 8.98. The van der Waals surface area contributed by atoms with Crippen molar-refractivity contribution < 1.29 is 4.79 Å². The zero-order valence-corrected chi connectivity index (χ0v) is 16.7. The highest BCUT2D eigenvalue weighted by Crippen LogP contribution is 2.41. The number of aryl methyl sites for hydroxylation is 1. The van der Waals surface area contributed by atoms with Crippen LogP contribution in [0.2, 0.25) is 0 Å². The molecule has 27 heavy (non-hydrogen) atoms. The normalized spacial score (nSPS) is 23.0.